The highest BCUT2D eigenvalue weighted by atomic mass is 16.5. The zero-order valence-corrected chi connectivity index (χ0v) is 30.4. The summed E-state index contributed by atoms with van der Waals surface area (Å²) in [7, 11) is 0. The second kappa shape index (κ2) is 9.44. The fraction of sp³-hybridized carbons (Fsp3) is 0.0392. The average Bonchev–Trinajstić information content (AvgIpc) is 4.06. The van der Waals surface area contributed by atoms with E-state index in [2.05, 4.69) is 195 Å². The molecule has 6 heteroatoms. The van der Waals surface area contributed by atoms with Crippen LogP contribution in [0.25, 0.3) is 66.8 Å². The van der Waals surface area contributed by atoms with Gasteiger partial charge in [-0.15, -0.1) is 0 Å². The van der Waals surface area contributed by atoms with Gasteiger partial charge >= 0.3 is 5.66 Å². The van der Waals surface area contributed by atoms with Crippen LogP contribution in [-0.4, -0.2) is 14.5 Å². The minimum absolute atomic E-state index is 0.380. The van der Waals surface area contributed by atoms with Gasteiger partial charge in [-0.3, -0.25) is 0 Å². The molecule has 262 valence electrons. The van der Waals surface area contributed by atoms with Gasteiger partial charge in [0.25, 0.3) is 5.82 Å². The molecule has 6 nitrogen and oxygen atoms in total. The topological polar surface area (TPSA) is 39.7 Å². The van der Waals surface area contributed by atoms with E-state index in [9.17, 15) is 0 Å². The van der Waals surface area contributed by atoms with Crippen LogP contribution in [-0.2, 0) is 11.1 Å². The quantitative estimate of drug-likeness (QED) is 0.158. The van der Waals surface area contributed by atoms with Gasteiger partial charge in [-0.25, -0.2) is 0 Å². The Morgan fingerprint density at radius 3 is 2.04 bits per heavy atom. The third-order valence-corrected chi connectivity index (χ3v) is 13.6. The molecule has 3 aliphatic heterocycles. The fourth-order valence-corrected chi connectivity index (χ4v) is 11.7. The van der Waals surface area contributed by atoms with Crippen LogP contribution >= 0.6 is 0 Å². The van der Waals surface area contributed by atoms with Crippen molar-refractivity contribution in [3.05, 3.63) is 210 Å². The van der Waals surface area contributed by atoms with E-state index in [0.29, 0.717) is 0 Å². The predicted octanol–water partition coefficient (Wildman–Crippen LogP) is 9.59. The van der Waals surface area contributed by atoms with Gasteiger partial charge < -0.3 is 4.74 Å². The highest BCUT2D eigenvalue weighted by Crippen LogP contribution is 2.63. The minimum Gasteiger partial charge on any atom is -0.456 e. The third kappa shape index (κ3) is 2.97. The van der Waals surface area contributed by atoms with E-state index in [4.69, 9.17) is 9.84 Å². The Morgan fingerprint density at radius 2 is 1.23 bits per heavy atom. The van der Waals surface area contributed by atoms with Crippen LogP contribution in [0.5, 0.6) is 11.5 Å². The molecule has 0 N–H and O–H groups in total. The Morgan fingerprint density at radius 1 is 0.544 bits per heavy atom. The maximum absolute atomic E-state index is 6.86. The first kappa shape index (κ1) is 28.8. The first-order chi connectivity index (χ1) is 28.3. The molecular weight excluding hydrogens is 699 g/mol. The summed E-state index contributed by atoms with van der Waals surface area (Å²) in [6, 6.07) is 60.0. The van der Waals surface area contributed by atoms with E-state index in [1.165, 1.54) is 66.3 Å². The summed E-state index contributed by atoms with van der Waals surface area (Å²) >= 11 is 0. The van der Waals surface area contributed by atoms with Crippen molar-refractivity contribution in [1.82, 2.24) is 14.5 Å². The number of para-hydroxylation sites is 1. The van der Waals surface area contributed by atoms with Crippen LogP contribution < -0.4 is 14.0 Å². The van der Waals surface area contributed by atoms with Crippen LogP contribution in [0.2, 0.25) is 0 Å². The number of hydrogen-bond donors (Lipinski definition) is 0. The molecule has 0 saturated heterocycles. The molecule has 15 rings (SSSR count). The summed E-state index contributed by atoms with van der Waals surface area (Å²) in [6.45, 7) is 0. The average molecular weight is 728 g/mol. The molecule has 7 aromatic carbocycles. The Kier molecular flexibility index (Phi) is 4.77. The van der Waals surface area contributed by atoms with Crippen molar-refractivity contribution in [3.8, 4) is 56.5 Å². The molecule has 2 spiro atoms. The summed E-state index contributed by atoms with van der Waals surface area (Å²) < 4.78 is 14.1. The van der Waals surface area contributed by atoms with Gasteiger partial charge in [0.1, 0.15) is 33.8 Å². The summed E-state index contributed by atoms with van der Waals surface area (Å²) in [5.41, 5.74) is 16.9. The lowest BCUT2D eigenvalue weighted by Crippen LogP contribution is -2.76. The van der Waals surface area contributed by atoms with Gasteiger partial charge in [-0.05, 0) is 104 Å². The van der Waals surface area contributed by atoms with Gasteiger partial charge in [0, 0.05) is 22.4 Å². The Balaban J connectivity index is 1.01. The van der Waals surface area contributed by atoms with E-state index in [1.54, 1.807) is 0 Å². The smallest absolute Gasteiger partial charge is 0.337 e. The van der Waals surface area contributed by atoms with Gasteiger partial charge in [0.05, 0.1) is 16.7 Å². The van der Waals surface area contributed by atoms with Gasteiger partial charge in [0.15, 0.2) is 11.7 Å². The molecule has 0 saturated carbocycles. The summed E-state index contributed by atoms with van der Waals surface area (Å²) in [4.78, 5) is 2.11. The standard InChI is InChI=1S/C51H29N5O/c1-5-16-37-31(12-1)32-13-2-6-17-38(32)50(37)39-18-7-3-14-33(39)36-28-30(23-25-40(36)50)41-29-54-51-47-43(56(54)52-41)20-11-21-44(47)57-45-26-24-35-34-15-4-8-19-42(34)55(49(35)48(45)51)46-22-9-10-27-53(46)51/h1-29H/q+2. The molecule has 6 heterocycles. The fourth-order valence-electron chi connectivity index (χ4n) is 11.7. The predicted molar refractivity (Wildman–Crippen MR) is 218 cm³/mol. The van der Waals surface area contributed by atoms with E-state index >= 15 is 0 Å². The monoisotopic (exact) mass is 727 g/mol. The largest absolute Gasteiger partial charge is 0.456 e. The number of aromatic nitrogens is 5. The molecule has 0 bridgehead atoms. The number of nitrogens with zero attached hydrogens (tertiary/aromatic N) is 5. The number of benzene rings is 7. The van der Waals surface area contributed by atoms with Gasteiger partial charge in [0.2, 0.25) is 5.69 Å². The first-order valence-corrected chi connectivity index (χ1v) is 19.6. The van der Waals surface area contributed by atoms with Gasteiger partial charge in [-0.1, -0.05) is 108 Å². The zero-order valence-electron chi connectivity index (χ0n) is 30.4. The molecule has 0 fully saturated rings. The Hall–Kier alpha value is -7.57. The molecule has 57 heavy (non-hydrogen) atoms. The van der Waals surface area contributed by atoms with E-state index in [1.807, 2.05) is 0 Å². The first-order valence-electron chi connectivity index (χ1n) is 19.6. The van der Waals surface area contributed by atoms with Crippen LogP contribution in [0.15, 0.2) is 176 Å². The van der Waals surface area contributed by atoms with Crippen molar-refractivity contribution in [3.63, 3.8) is 0 Å². The lowest BCUT2D eigenvalue weighted by Gasteiger charge is -2.34. The number of pyridine rings is 1. The lowest BCUT2D eigenvalue weighted by atomic mass is 9.70. The zero-order chi connectivity index (χ0) is 36.8. The van der Waals surface area contributed by atoms with E-state index in [-0.39, 0.29) is 5.41 Å². The number of hydrogen-bond acceptors (Lipinski definition) is 2. The maximum Gasteiger partial charge on any atom is 0.337 e. The van der Waals surface area contributed by atoms with Crippen LogP contribution in [0.3, 0.4) is 0 Å². The molecule has 1 atom stereocenters. The SMILES string of the molecule is c1ccc2c(c1)-c1ccccc1C21c2ccccc2-c2cc(-c3c[n+]4n(n3)-c3cccc5c3C43c4c(ccc6c7ccccc7n(c46)-c4cccc[n+]43)O5)ccc21. The second-order valence-corrected chi connectivity index (χ2v) is 15.9. The summed E-state index contributed by atoms with van der Waals surface area (Å²) in [5.74, 6) is 2.80. The van der Waals surface area contributed by atoms with Crippen molar-refractivity contribution in [2.45, 2.75) is 11.1 Å². The lowest BCUT2D eigenvalue weighted by molar-refractivity contribution is -0.995. The van der Waals surface area contributed by atoms with Crippen LogP contribution in [0.4, 0.5) is 0 Å². The molecule has 10 aromatic rings. The highest BCUT2D eigenvalue weighted by molar-refractivity contribution is 6.11. The number of fused-ring (bicyclic) bond motifs is 17. The van der Waals surface area contributed by atoms with E-state index in [0.717, 1.165) is 45.4 Å². The number of ether oxygens (including phenoxy) is 1. The molecule has 5 aliphatic rings. The highest BCUT2D eigenvalue weighted by Gasteiger charge is 2.66. The van der Waals surface area contributed by atoms with Gasteiger partial charge in [-0.2, -0.15) is 9.13 Å². The van der Waals surface area contributed by atoms with Crippen molar-refractivity contribution in [2.75, 3.05) is 0 Å². The Bertz CT molecular complexity index is 3490. The minimum atomic E-state index is -0.782. The normalized spacial score (nSPS) is 17.1. The molecule has 3 aromatic heterocycles. The van der Waals surface area contributed by atoms with Crippen LogP contribution in [0.1, 0.15) is 33.4 Å². The van der Waals surface area contributed by atoms with Crippen molar-refractivity contribution < 1.29 is 14.0 Å². The molecule has 1 unspecified atom stereocenters. The molecule has 0 radical (unpaired) electrons. The number of rotatable bonds is 1. The summed E-state index contributed by atoms with van der Waals surface area (Å²) in [5, 5.41) is 7.93. The van der Waals surface area contributed by atoms with E-state index < -0.39 is 5.66 Å². The Labute approximate surface area is 326 Å². The molecular formula is C51H29N5O+2. The van der Waals surface area contributed by atoms with Crippen molar-refractivity contribution in [2.24, 2.45) is 0 Å². The third-order valence-electron chi connectivity index (χ3n) is 13.6. The molecule has 2 aliphatic carbocycles. The van der Waals surface area contributed by atoms with Crippen molar-refractivity contribution >= 4 is 21.8 Å². The molecule has 0 amide bonds. The second-order valence-electron chi connectivity index (χ2n) is 15.9. The van der Waals surface area contributed by atoms with Crippen LogP contribution in [0, 0.1) is 0 Å². The maximum atomic E-state index is 6.86. The van der Waals surface area contributed by atoms with Crippen molar-refractivity contribution in [1.29, 1.82) is 0 Å². The summed E-state index contributed by atoms with van der Waals surface area (Å²) in [6.07, 6.45) is 4.48.